The van der Waals surface area contributed by atoms with Crippen LogP contribution in [0.15, 0.2) is 36.4 Å². The maximum absolute atomic E-state index is 12.3. The minimum absolute atomic E-state index is 0.0293. The molecule has 2 rings (SSSR count). The molecule has 1 heterocycles. The molecule has 0 aliphatic heterocycles. The van der Waals surface area contributed by atoms with Crippen molar-refractivity contribution in [3.05, 3.63) is 58.4 Å². The van der Waals surface area contributed by atoms with Gasteiger partial charge in [-0.15, -0.1) is 0 Å². The Morgan fingerprint density at radius 2 is 2.00 bits per heavy atom. The number of halogens is 1. The maximum atomic E-state index is 12.3. The summed E-state index contributed by atoms with van der Waals surface area (Å²) in [6.45, 7) is 3.90. The van der Waals surface area contributed by atoms with E-state index in [9.17, 15) is 9.59 Å². The number of nitrogens with one attached hydrogen (secondary N) is 1. The molecule has 5 nitrogen and oxygen atoms in total. The van der Waals surface area contributed by atoms with Gasteiger partial charge in [-0.05, 0) is 19.9 Å². The predicted molar refractivity (Wildman–Crippen MR) is 93.0 cm³/mol. The predicted octanol–water partition coefficient (Wildman–Crippen LogP) is 3.26. The van der Waals surface area contributed by atoms with Crippen LogP contribution in [0.2, 0.25) is 5.15 Å². The Kier molecular flexibility index (Phi) is 5.70. The van der Waals surface area contributed by atoms with Crippen LogP contribution in [0.1, 0.15) is 40.3 Å². The molecular weight excluding hydrogens is 328 g/mol. The molecule has 0 unspecified atom stereocenters. The molecule has 0 saturated carbocycles. The minimum Gasteiger partial charge on any atom is -0.493 e. The van der Waals surface area contributed by atoms with Gasteiger partial charge in [-0.3, -0.25) is 9.59 Å². The zero-order valence-corrected chi connectivity index (χ0v) is 14.6. The molecule has 0 aliphatic carbocycles. The number of Topliss-reactive ketones (excluding diaryl/α,β-unsaturated/α-hetero) is 1. The number of rotatable bonds is 7. The highest BCUT2D eigenvalue weighted by Gasteiger charge is 2.27. The van der Waals surface area contributed by atoms with E-state index in [1.807, 2.05) is 32.0 Å². The Morgan fingerprint density at radius 1 is 1.33 bits per heavy atom. The van der Waals surface area contributed by atoms with Gasteiger partial charge in [-0.2, -0.15) is 0 Å². The van der Waals surface area contributed by atoms with Crippen molar-refractivity contribution in [2.24, 2.45) is 0 Å². The largest absolute Gasteiger partial charge is 0.493 e. The van der Waals surface area contributed by atoms with Crippen LogP contribution in [0.3, 0.4) is 0 Å². The van der Waals surface area contributed by atoms with Gasteiger partial charge >= 0.3 is 0 Å². The van der Waals surface area contributed by atoms with Crippen LogP contribution in [0.4, 0.5) is 0 Å². The Balaban J connectivity index is 2.25. The molecule has 126 valence electrons. The van der Waals surface area contributed by atoms with Gasteiger partial charge in [-0.1, -0.05) is 41.9 Å². The number of nitrogens with zero attached hydrogens (tertiary/aromatic N) is 1. The lowest BCUT2D eigenvalue weighted by atomic mass is 9.93. The summed E-state index contributed by atoms with van der Waals surface area (Å²) in [5, 5.41) is 3.31. The topological polar surface area (TPSA) is 68.3 Å². The van der Waals surface area contributed by atoms with Gasteiger partial charge in [0.25, 0.3) is 0 Å². The van der Waals surface area contributed by atoms with E-state index in [4.69, 9.17) is 16.3 Å². The quantitative estimate of drug-likeness (QED) is 0.473. The van der Waals surface area contributed by atoms with E-state index in [0.717, 1.165) is 0 Å². The van der Waals surface area contributed by atoms with Crippen molar-refractivity contribution in [3.63, 3.8) is 0 Å². The van der Waals surface area contributed by atoms with Crippen LogP contribution < -0.4 is 10.1 Å². The van der Waals surface area contributed by atoms with Gasteiger partial charge in [-0.25, -0.2) is 4.98 Å². The molecule has 24 heavy (non-hydrogen) atoms. The summed E-state index contributed by atoms with van der Waals surface area (Å²) in [7, 11) is 1.48. The van der Waals surface area contributed by atoms with Crippen molar-refractivity contribution in [2.75, 3.05) is 13.7 Å². The zero-order valence-electron chi connectivity index (χ0n) is 13.8. The summed E-state index contributed by atoms with van der Waals surface area (Å²) in [5.41, 5.74) is 0.849. The zero-order chi connectivity index (χ0) is 17.7. The second kappa shape index (κ2) is 7.55. The lowest BCUT2D eigenvalue weighted by Gasteiger charge is -2.28. The average molecular weight is 347 g/mol. The Morgan fingerprint density at radius 3 is 2.58 bits per heavy atom. The molecule has 0 amide bonds. The number of carbonyl (C=O) groups is 2. The molecule has 2 aromatic rings. The third-order valence-corrected chi connectivity index (χ3v) is 3.99. The summed E-state index contributed by atoms with van der Waals surface area (Å²) >= 11 is 6.09. The van der Waals surface area contributed by atoms with E-state index >= 15 is 0 Å². The monoisotopic (exact) mass is 346 g/mol. The number of carbonyl (C=O) groups excluding carboxylic acids is 2. The second-order valence-corrected chi connectivity index (χ2v) is 6.16. The number of benzene rings is 1. The number of aromatic nitrogens is 1. The molecule has 0 bridgehead atoms. The summed E-state index contributed by atoms with van der Waals surface area (Å²) in [6, 6.07) is 10.6. The third-order valence-electron chi connectivity index (χ3n) is 3.74. The fourth-order valence-corrected chi connectivity index (χ4v) is 2.64. The van der Waals surface area contributed by atoms with Crippen LogP contribution in [0.25, 0.3) is 0 Å². The van der Waals surface area contributed by atoms with E-state index in [1.165, 1.54) is 7.11 Å². The van der Waals surface area contributed by atoms with E-state index < -0.39 is 5.54 Å². The van der Waals surface area contributed by atoms with Crippen molar-refractivity contribution >= 4 is 23.7 Å². The Hall–Kier alpha value is -2.24. The van der Waals surface area contributed by atoms with Crippen LogP contribution in [0.5, 0.6) is 5.75 Å². The summed E-state index contributed by atoms with van der Waals surface area (Å²) < 4.78 is 5.32. The van der Waals surface area contributed by atoms with Crippen LogP contribution in [-0.2, 0) is 5.54 Å². The molecule has 1 N–H and O–H groups in total. The van der Waals surface area contributed by atoms with E-state index in [0.29, 0.717) is 23.2 Å². The lowest BCUT2D eigenvalue weighted by molar-refractivity contribution is 0.0979. The molecule has 1 aromatic heterocycles. The van der Waals surface area contributed by atoms with Crippen molar-refractivity contribution in [1.29, 1.82) is 0 Å². The normalized spacial score (nSPS) is 11.2. The Bertz CT molecular complexity index is 745. The SMILES string of the molecule is COc1c(C(C)(C)NCC(=O)c2ccccc2)cc(C=O)nc1Cl. The lowest BCUT2D eigenvalue weighted by Crippen LogP contribution is -2.40. The van der Waals surface area contributed by atoms with E-state index in [-0.39, 0.29) is 23.2 Å². The number of methoxy groups -OCH3 is 1. The first kappa shape index (κ1) is 18.1. The molecule has 0 radical (unpaired) electrons. The Labute approximate surface area is 146 Å². The standard InChI is InChI=1S/C18H19ClN2O3/c1-18(2,20-10-15(23)12-7-5-4-6-8-12)14-9-13(11-22)21-17(19)16(14)24-3/h4-9,11,20H,10H2,1-3H3. The molecule has 0 aliphatic rings. The molecule has 6 heteroatoms. The van der Waals surface area contributed by atoms with E-state index in [2.05, 4.69) is 10.3 Å². The summed E-state index contributed by atoms with van der Waals surface area (Å²) in [5.74, 6) is 0.352. The van der Waals surface area contributed by atoms with Gasteiger partial charge in [0.05, 0.1) is 13.7 Å². The van der Waals surface area contributed by atoms with E-state index in [1.54, 1.807) is 18.2 Å². The van der Waals surface area contributed by atoms with Crippen molar-refractivity contribution in [2.45, 2.75) is 19.4 Å². The molecule has 0 spiro atoms. The number of hydrogen-bond donors (Lipinski definition) is 1. The maximum Gasteiger partial charge on any atom is 0.176 e. The number of hydrogen-bond acceptors (Lipinski definition) is 5. The average Bonchev–Trinajstić information content (AvgIpc) is 2.59. The molecule has 0 fully saturated rings. The van der Waals surface area contributed by atoms with Gasteiger partial charge in [0.15, 0.2) is 23.0 Å². The fourth-order valence-electron chi connectivity index (χ4n) is 2.36. The van der Waals surface area contributed by atoms with Crippen LogP contribution in [0, 0.1) is 0 Å². The first-order chi connectivity index (χ1) is 11.4. The van der Waals surface area contributed by atoms with Crippen LogP contribution in [-0.4, -0.2) is 30.7 Å². The fraction of sp³-hybridized carbons (Fsp3) is 0.278. The van der Waals surface area contributed by atoms with Gasteiger partial charge < -0.3 is 10.1 Å². The van der Waals surface area contributed by atoms with Crippen LogP contribution >= 0.6 is 11.6 Å². The highest BCUT2D eigenvalue weighted by Crippen LogP contribution is 2.34. The number of aldehydes is 1. The molecule has 0 atom stereocenters. The van der Waals surface area contributed by atoms with Crippen molar-refractivity contribution in [3.8, 4) is 5.75 Å². The van der Waals surface area contributed by atoms with Crippen molar-refractivity contribution < 1.29 is 14.3 Å². The smallest absolute Gasteiger partial charge is 0.176 e. The van der Waals surface area contributed by atoms with Crippen molar-refractivity contribution in [1.82, 2.24) is 10.3 Å². The summed E-state index contributed by atoms with van der Waals surface area (Å²) in [6.07, 6.45) is 0.625. The highest BCUT2D eigenvalue weighted by atomic mass is 35.5. The highest BCUT2D eigenvalue weighted by molar-refractivity contribution is 6.31. The molecule has 0 saturated heterocycles. The summed E-state index contributed by atoms with van der Waals surface area (Å²) in [4.78, 5) is 27.3. The number of ketones is 1. The number of pyridine rings is 1. The molecular formula is C18H19ClN2O3. The van der Waals surface area contributed by atoms with Gasteiger partial charge in [0, 0.05) is 16.7 Å². The van der Waals surface area contributed by atoms with Gasteiger partial charge in [0.2, 0.25) is 0 Å². The minimum atomic E-state index is -0.653. The second-order valence-electron chi connectivity index (χ2n) is 5.80. The third kappa shape index (κ3) is 3.99. The number of ether oxygens (including phenoxy) is 1. The first-order valence-electron chi connectivity index (χ1n) is 7.42. The first-order valence-corrected chi connectivity index (χ1v) is 7.80. The van der Waals surface area contributed by atoms with Gasteiger partial charge in [0.1, 0.15) is 5.69 Å². The molecule has 1 aromatic carbocycles.